The van der Waals surface area contributed by atoms with E-state index in [4.69, 9.17) is 5.11 Å². The molecule has 2 N–H and O–H groups in total. The molecule has 2 amide bonds. The van der Waals surface area contributed by atoms with E-state index in [2.05, 4.69) is 5.32 Å². The van der Waals surface area contributed by atoms with E-state index >= 15 is 0 Å². The van der Waals surface area contributed by atoms with Crippen molar-refractivity contribution in [1.29, 1.82) is 0 Å². The highest BCUT2D eigenvalue weighted by Crippen LogP contribution is 2.42. The molecule has 1 aliphatic carbocycles. The van der Waals surface area contributed by atoms with Crippen LogP contribution in [0.5, 0.6) is 0 Å². The number of aliphatic carboxylic acids is 1. The summed E-state index contributed by atoms with van der Waals surface area (Å²) in [5.41, 5.74) is 0. The first-order valence-electron chi connectivity index (χ1n) is 7.11. The summed E-state index contributed by atoms with van der Waals surface area (Å²) >= 11 is 0. The fourth-order valence-corrected chi connectivity index (χ4v) is 3.92. The third-order valence-corrected chi connectivity index (χ3v) is 6.84. The number of hydrogen-bond acceptors (Lipinski definition) is 4. The molecule has 0 spiro atoms. The minimum atomic E-state index is -3.18. The number of nitrogens with zero attached hydrogens (tertiary/aromatic N) is 1. The summed E-state index contributed by atoms with van der Waals surface area (Å²) in [6.07, 6.45) is 2.97. The molecular weight excluding hydrogens is 296 g/mol. The van der Waals surface area contributed by atoms with Gasteiger partial charge in [0, 0.05) is 25.9 Å². The van der Waals surface area contributed by atoms with Crippen LogP contribution in [-0.4, -0.2) is 61.1 Å². The number of piperidine rings is 1. The number of urea groups is 1. The Morgan fingerprint density at radius 2 is 2.00 bits per heavy atom. The summed E-state index contributed by atoms with van der Waals surface area (Å²) in [6, 6.07) is -0.372. The maximum absolute atomic E-state index is 12.1. The van der Waals surface area contributed by atoms with E-state index in [-0.39, 0.29) is 25.0 Å². The number of carboxylic acids is 1. The minimum Gasteiger partial charge on any atom is -0.481 e. The summed E-state index contributed by atoms with van der Waals surface area (Å²) in [5.74, 6) is -1.42. The molecule has 0 bridgehead atoms. The summed E-state index contributed by atoms with van der Waals surface area (Å²) < 4.78 is 22.5. The Hall–Kier alpha value is -1.31. The normalized spacial score (nSPS) is 28.0. The lowest BCUT2D eigenvalue weighted by Crippen LogP contribution is -2.51. The third-order valence-electron chi connectivity index (χ3n) is 4.72. The van der Waals surface area contributed by atoms with Gasteiger partial charge in [-0.1, -0.05) is 6.92 Å². The van der Waals surface area contributed by atoms with Gasteiger partial charge in [-0.05, 0) is 25.2 Å². The predicted molar refractivity (Wildman–Crippen MR) is 76.7 cm³/mol. The molecule has 1 heterocycles. The molecule has 1 aliphatic heterocycles. The number of amides is 2. The van der Waals surface area contributed by atoms with Gasteiger partial charge >= 0.3 is 12.0 Å². The van der Waals surface area contributed by atoms with Crippen LogP contribution in [0, 0.1) is 11.8 Å². The number of hydrogen-bond donors (Lipinski definition) is 2. The molecule has 120 valence electrons. The van der Waals surface area contributed by atoms with Gasteiger partial charge in [-0.25, -0.2) is 13.2 Å². The van der Waals surface area contributed by atoms with Crippen LogP contribution in [-0.2, 0) is 14.6 Å². The van der Waals surface area contributed by atoms with Crippen molar-refractivity contribution in [3.05, 3.63) is 0 Å². The summed E-state index contributed by atoms with van der Waals surface area (Å²) in [6.45, 7) is 2.65. The smallest absolute Gasteiger partial charge is 0.317 e. The van der Waals surface area contributed by atoms with Crippen molar-refractivity contribution in [2.75, 3.05) is 25.9 Å². The van der Waals surface area contributed by atoms with Crippen molar-refractivity contribution >= 4 is 21.8 Å². The molecule has 2 fully saturated rings. The van der Waals surface area contributed by atoms with Gasteiger partial charge in [-0.15, -0.1) is 0 Å². The summed E-state index contributed by atoms with van der Waals surface area (Å²) in [7, 11) is -3.18. The van der Waals surface area contributed by atoms with Crippen LogP contribution in [0.2, 0.25) is 0 Å². The van der Waals surface area contributed by atoms with Gasteiger partial charge in [0.15, 0.2) is 9.84 Å². The van der Waals surface area contributed by atoms with Gasteiger partial charge in [0.05, 0.1) is 10.7 Å². The number of sulfone groups is 1. The lowest BCUT2D eigenvalue weighted by Gasteiger charge is -2.35. The zero-order valence-electron chi connectivity index (χ0n) is 12.3. The van der Waals surface area contributed by atoms with Crippen LogP contribution in [0.1, 0.15) is 26.2 Å². The number of likely N-dealkylation sites (tertiary alicyclic amines) is 1. The molecule has 8 heteroatoms. The zero-order chi connectivity index (χ0) is 15.8. The van der Waals surface area contributed by atoms with Crippen molar-refractivity contribution in [2.24, 2.45) is 11.8 Å². The molecule has 2 unspecified atom stereocenters. The topological polar surface area (TPSA) is 104 Å². The largest absolute Gasteiger partial charge is 0.481 e. The van der Waals surface area contributed by atoms with E-state index in [9.17, 15) is 18.0 Å². The van der Waals surface area contributed by atoms with Crippen LogP contribution < -0.4 is 5.32 Å². The minimum absolute atomic E-state index is 0.0392. The van der Waals surface area contributed by atoms with Crippen molar-refractivity contribution in [3.8, 4) is 0 Å². The molecule has 21 heavy (non-hydrogen) atoms. The second-order valence-corrected chi connectivity index (χ2v) is 8.68. The molecule has 7 nitrogen and oxygen atoms in total. The number of nitrogens with one attached hydrogen (secondary N) is 1. The molecule has 1 saturated heterocycles. The van der Waals surface area contributed by atoms with E-state index in [0.717, 1.165) is 0 Å². The maximum atomic E-state index is 12.1. The molecule has 0 aromatic rings. The Bertz CT molecular complexity index is 541. The van der Waals surface area contributed by atoms with Crippen molar-refractivity contribution in [3.63, 3.8) is 0 Å². The van der Waals surface area contributed by atoms with Crippen molar-refractivity contribution in [1.82, 2.24) is 10.2 Å². The molecule has 0 radical (unpaired) electrons. The zero-order valence-corrected chi connectivity index (χ0v) is 13.1. The summed E-state index contributed by atoms with van der Waals surface area (Å²) in [4.78, 5) is 24.7. The van der Waals surface area contributed by atoms with Gasteiger partial charge in [-0.3, -0.25) is 4.79 Å². The third kappa shape index (κ3) is 3.30. The highest BCUT2D eigenvalue weighted by molar-refractivity contribution is 7.92. The van der Waals surface area contributed by atoms with E-state index in [1.807, 2.05) is 6.92 Å². The van der Waals surface area contributed by atoms with Gasteiger partial charge in [0.2, 0.25) is 0 Å². The molecule has 0 aromatic heterocycles. The SMILES string of the molecule is CC1CCN(C(=O)NCC2(S(C)(=O)=O)CC2)CC1C(=O)O. The Kier molecular flexibility index (Phi) is 4.19. The molecule has 0 aromatic carbocycles. The standard InChI is InChI=1S/C13H22N2O5S/c1-9-3-6-15(7-10(9)11(16)17)12(18)14-8-13(4-5-13)21(2,19)20/h9-10H,3-8H2,1-2H3,(H,14,18)(H,16,17). The predicted octanol–water partition coefficient (Wildman–Crippen LogP) is 0.316. The van der Waals surface area contributed by atoms with Crippen LogP contribution in [0.25, 0.3) is 0 Å². The average Bonchev–Trinajstić information content (AvgIpc) is 3.16. The maximum Gasteiger partial charge on any atom is 0.317 e. The Labute approximate surface area is 124 Å². The monoisotopic (exact) mass is 318 g/mol. The fourth-order valence-electron chi connectivity index (χ4n) is 2.74. The average molecular weight is 318 g/mol. The number of carbonyl (C=O) groups is 2. The fraction of sp³-hybridized carbons (Fsp3) is 0.846. The number of rotatable bonds is 4. The first kappa shape index (κ1) is 16.1. The molecule has 2 atom stereocenters. The molecule has 2 aliphatic rings. The highest BCUT2D eigenvalue weighted by Gasteiger charge is 2.52. The van der Waals surface area contributed by atoms with Crippen LogP contribution in [0.4, 0.5) is 4.79 Å². The number of carboxylic acid groups (broad SMARTS) is 1. The molecule has 1 saturated carbocycles. The van der Waals surface area contributed by atoms with E-state index < -0.39 is 26.5 Å². The van der Waals surface area contributed by atoms with Crippen molar-refractivity contribution in [2.45, 2.75) is 30.9 Å². The molecule has 2 rings (SSSR count). The van der Waals surface area contributed by atoms with E-state index in [1.54, 1.807) is 0 Å². The Morgan fingerprint density at radius 1 is 1.38 bits per heavy atom. The highest BCUT2D eigenvalue weighted by atomic mass is 32.2. The van der Waals surface area contributed by atoms with Crippen LogP contribution in [0.15, 0.2) is 0 Å². The van der Waals surface area contributed by atoms with Crippen molar-refractivity contribution < 1.29 is 23.1 Å². The molecular formula is C13H22N2O5S. The lowest BCUT2D eigenvalue weighted by atomic mass is 9.87. The summed E-state index contributed by atoms with van der Waals surface area (Å²) in [5, 5.41) is 11.8. The van der Waals surface area contributed by atoms with Crippen LogP contribution in [0.3, 0.4) is 0 Å². The van der Waals surface area contributed by atoms with Gasteiger partial charge in [-0.2, -0.15) is 0 Å². The van der Waals surface area contributed by atoms with E-state index in [1.165, 1.54) is 11.2 Å². The first-order valence-corrected chi connectivity index (χ1v) is 9.01. The second-order valence-electron chi connectivity index (χ2n) is 6.27. The first-order chi connectivity index (χ1) is 9.66. The quantitative estimate of drug-likeness (QED) is 0.776. The Morgan fingerprint density at radius 3 is 2.48 bits per heavy atom. The van der Waals surface area contributed by atoms with Gasteiger partial charge in [0.25, 0.3) is 0 Å². The lowest BCUT2D eigenvalue weighted by molar-refractivity contribution is -0.145. The number of carbonyl (C=O) groups excluding carboxylic acids is 1. The van der Waals surface area contributed by atoms with Gasteiger partial charge in [0.1, 0.15) is 0 Å². The second kappa shape index (κ2) is 5.47. The van der Waals surface area contributed by atoms with Crippen LogP contribution >= 0.6 is 0 Å². The van der Waals surface area contributed by atoms with E-state index in [0.29, 0.717) is 25.8 Å². The van der Waals surface area contributed by atoms with Gasteiger partial charge < -0.3 is 15.3 Å². The Balaban J connectivity index is 1.91.